The van der Waals surface area contributed by atoms with E-state index in [4.69, 9.17) is 23.2 Å². The molecule has 0 saturated heterocycles. The van der Waals surface area contributed by atoms with Crippen molar-refractivity contribution in [2.75, 3.05) is 0 Å². The maximum Gasteiger partial charge on any atom is 0.0581 e. The molecule has 0 heterocycles. The summed E-state index contributed by atoms with van der Waals surface area (Å²) in [5.74, 6) is 0.421. The number of hydrogen-bond donors (Lipinski definition) is 0. The lowest BCUT2D eigenvalue weighted by molar-refractivity contribution is 0.736. The molecule has 0 N–H and O–H groups in total. The number of hydrogen-bond acceptors (Lipinski definition) is 0. The Balaban J connectivity index is 2.11. The highest BCUT2D eigenvalue weighted by Gasteiger charge is 2.13. The van der Waals surface area contributed by atoms with E-state index in [1.807, 2.05) is 18.2 Å². The summed E-state index contributed by atoms with van der Waals surface area (Å²) >= 11 is 12.2. The maximum atomic E-state index is 6.21. The van der Waals surface area contributed by atoms with E-state index >= 15 is 0 Å². The number of alkyl halides is 1. The Morgan fingerprint density at radius 2 is 2.12 bits per heavy atom. The lowest BCUT2D eigenvalue weighted by Gasteiger charge is -2.17. The van der Waals surface area contributed by atoms with E-state index in [-0.39, 0.29) is 5.38 Å². The molecular formula is C14H14Cl2. The van der Waals surface area contributed by atoms with Gasteiger partial charge in [0, 0.05) is 5.02 Å². The van der Waals surface area contributed by atoms with E-state index in [1.165, 1.54) is 11.1 Å². The van der Waals surface area contributed by atoms with Crippen molar-refractivity contribution in [3.05, 3.63) is 58.7 Å². The molecule has 1 aromatic carbocycles. The molecule has 0 aliphatic heterocycles. The minimum atomic E-state index is 0.110. The smallest absolute Gasteiger partial charge is 0.0581 e. The first kappa shape index (κ1) is 11.8. The predicted octanol–water partition coefficient (Wildman–Crippen LogP) is 4.62. The average Bonchev–Trinajstić information content (AvgIpc) is 2.24. The van der Waals surface area contributed by atoms with Crippen molar-refractivity contribution >= 4 is 23.2 Å². The molecule has 0 spiro atoms. The summed E-state index contributed by atoms with van der Waals surface area (Å²) in [7, 11) is 0. The minimum Gasteiger partial charge on any atom is -0.118 e. The molecule has 0 nitrogen and oxygen atoms in total. The summed E-state index contributed by atoms with van der Waals surface area (Å²) in [6.45, 7) is 2.13. The van der Waals surface area contributed by atoms with E-state index in [9.17, 15) is 0 Å². The van der Waals surface area contributed by atoms with Gasteiger partial charge in [0.25, 0.3) is 0 Å². The molecule has 84 valence electrons. The van der Waals surface area contributed by atoms with Crippen molar-refractivity contribution in [2.45, 2.75) is 18.7 Å². The van der Waals surface area contributed by atoms with Crippen LogP contribution in [0, 0.1) is 5.92 Å². The van der Waals surface area contributed by atoms with E-state index < -0.39 is 0 Å². The van der Waals surface area contributed by atoms with E-state index in [0.717, 1.165) is 11.4 Å². The van der Waals surface area contributed by atoms with E-state index in [2.05, 4.69) is 31.2 Å². The molecule has 2 rings (SSSR count). The normalized spacial score (nSPS) is 24.3. The second-order valence-corrected chi connectivity index (χ2v) is 5.15. The summed E-state index contributed by atoms with van der Waals surface area (Å²) in [6, 6.07) is 7.95. The Morgan fingerprint density at radius 1 is 1.31 bits per heavy atom. The van der Waals surface area contributed by atoms with Gasteiger partial charge in [-0.15, -0.1) is 11.6 Å². The zero-order chi connectivity index (χ0) is 11.5. The van der Waals surface area contributed by atoms with Gasteiger partial charge in [0.2, 0.25) is 0 Å². The molecule has 0 bridgehead atoms. The quantitative estimate of drug-likeness (QED) is 0.674. The molecule has 1 aliphatic carbocycles. The van der Waals surface area contributed by atoms with Gasteiger partial charge in [-0.2, -0.15) is 0 Å². The summed E-state index contributed by atoms with van der Waals surface area (Å²) in [6.07, 6.45) is 7.35. The Morgan fingerprint density at radius 3 is 2.81 bits per heavy atom. The van der Waals surface area contributed by atoms with Gasteiger partial charge in [-0.05, 0) is 35.6 Å². The van der Waals surface area contributed by atoms with Crippen LogP contribution in [0.1, 0.15) is 12.5 Å². The van der Waals surface area contributed by atoms with Crippen LogP contribution in [0.25, 0.3) is 0 Å². The first-order chi connectivity index (χ1) is 7.65. The fourth-order valence-corrected chi connectivity index (χ4v) is 2.25. The van der Waals surface area contributed by atoms with E-state index in [1.54, 1.807) is 0 Å². The number of allylic oxidation sites excluding steroid dienone is 4. The van der Waals surface area contributed by atoms with Gasteiger partial charge in [-0.1, -0.05) is 48.9 Å². The lowest BCUT2D eigenvalue weighted by Crippen LogP contribution is -2.10. The van der Waals surface area contributed by atoms with Crippen molar-refractivity contribution in [3.63, 3.8) is 0 Å². The summed E-state index contributed by atoms with van der Waals surface area (Å²) in [4.78, 5) is 0. The second kappa shape index (κ2) is 5.07. The van der Waals surface area contributed by atoms with Gasteiger partial charge in [-0.3, -0.25) is 0 Å². The molecule has 0 amide bonds. The molecule has 1 aliphatic rings. The molecule has 1 aromatic rings. The molecule has 0 saturated carbocycles. The standard InChI is InChI=1S/C14H14Cl2/c1-10-5-6-12(9-14(10)16)7-11-3-2-4-13(15)8-11/h2-6,8-10,14H,7H2,1H3. The van der Waals surface area contributed by atoms with Crippen LogP contribution in [0.15, 0.2) is 48.1 Å². The third-order valence-corrected chi connectivity index (χ3v) is 3.55. The zero-order valence-corrected chi connectivity index (χ0v) is 10.7. The van der Waals surface area contributed by atoms with E-state index in [0.29, 0.717) is 5.92 Å². The maximum absolute atomic E-state index is 6.21. The van der Waals surface area contributed by atoms with Crippen LogP contribution in [-0.2, 0) is 6.42 Å². The van der Waals surface area contributed by atoms with Crippen LogP contribution < -0.4 is 0 Å². The van der Waals surface area contributed by atoms with Crippen LogP contribution in [-0.4, -0.2) is 5.38 Å². The Kier molecular flexibility index (Phi) is 3.73. The van der Waals surface area contributed by atoms with Gasteiger partial charge in [0.05, 0.1) is 5.38 Å². The number of rotatable bonds is 2. The van der Waals surface area contributed by atoms with Gasteiger partial charge >= 0.3 is 0 Å². The third kappa shape index (κ3) is 2.90. The number of halogens is 2. The molecule has 2 unspecified atom stereocenters. The number of benzene rings is 1. The van der Waals surface area contributed by atoms with Crippen LogP contribution in [0.5, 0.6) is 0 Å². The molecular weight excluding hydrogens is 239 g/mol. The SMILES string of the molecule is CC1C=CC(Cc2cccc(Cl)c2)=CC1Cl. The van der Waals surface area contributed by atoms with Crippen molar-refractivity contribution in [1.29, 1.82) is 0 Å². The Hall–Kier alpha value is -0.720. The fourth-order valence-electron chi connectivity index (χ4n) is 1.79. The zero-order valence-electron chi connectivity index (χ0n) is 9.16. The average molecular weight is 253 g/mol. The first-order valence-electron chi connectivity index (χ1n) is 5.42. The highest BCUT2D eigenvalue weighted by molar-refractivity contribution is 6.30. The van der Waals surface area contributed by atoms with Crippen molar-refractivity contribution in [1.82, 2.24) is 0 Å². The molecule has 2 atom stereocenters. The largest absolute Gasteiger partial charge is 0.118 e. The van der Waals surface area contributed by atoms with Crippen LogP contribution in [0.4, 0.5) is 0 Å². The van der Waals surface area contributed by atoms with Crippen LogP contribution in [0.3, 0.4) is 0 Å². The third-order valence-electron chi connectivity index (χ3n) is 2.79. The molecule has 0 aromatic heterocycles. The Bertz CT molecular complexity index is 432. The topological polar surface area (TPSA) is 0 Å². The van der Waals surface area contributed by atoms with Gasteiger partial charge < -0.3 is 0 Å². The highest BCUT2D eigenvalue weighted by atomic mass is 35.5. The highest BCUT2D eigenvalue weighted by Crippen LogP contribution is 2.24. The van der Waals surface area contributed by atoms with Crippen LogP contribution >= 0.6 is 23.2 Å². The van der Waals surface area contributed by atoms with Crippen molar-refractivity contribution in [2.24, 2.45) is 5.92 Å². The van der Waals surface area contributed by atoms with Crippen LogP contribution in [0.2, 0.25) is 5.02 Å². The first-order valence-corrected chi connectivity index (χ1v) is 6.24. The van der Waals surface area contributed by atoms with Gasteiger partial charge in [0.15, 0.2) is 0 Å². The molecule has 0 radical (unpaired) electrons. The van der Waals surface area contributed by atoms with Gasteiger partial charge in [-0.25, -0.2) is 0 Å². The lowest BCUT2D eigenvalue weighted by atomic mass is 9.94. The van der Waals surface area contributed by atoms with Gasteiger partial charge in [0.1, 0.15) is 0 Å². The summed E-state index contributed by atoms with van der Waals surface area (Å²) < 4.78 is 0. The minimum absolute atomic E-state index is 0.110. The van der Waals surface area contributed by atoms with Crippen molar-refractivity contribution in [3.8, 4) is 0 Å². The monoisotopic (exact) mass is 252 g/mol. The summed E-state index contributed by atoms with van der Waals surface area (Å²) in [5.41, 5.74) is 2.49. The summed E-state index contributed by atoms with van der Waals surface area (Å²) in [5, 5.41) is 0.896. The predicted molar refractivity (Wildman–Crippen MR) is 71.2 cm³/mol. The molecule has 16 heavy (non-hydrogen) atoms. The molecule has 2 heteroatoms. The van der Waals surface area contributed by atoms with Crippen molar-refractivity contribution < 1.29 is 0 Å². The fraction of sp³-hybridized carbons (Fsp3) is 0.286. The molecule has 0 fully saturated rings. The second-order valence-electron chi connectivity index (χ2n) is 4.21. The Labute approximate surface area is 107 Å².